The summed E-state index contributed by atoms with van der Waals surface area (Å²) < 4.78 is 5.39. The molecule has 0 aliphatic rings. The highest BCUT2D eigenvalue weighted by Crippen LogP contribution is 2.30. The summed E-state index contributed by atoms with van der Waals surface area (Å²) in [4.78, 5) is 19.6. The van der Waals surface area contributed by atoms with Crippen molar-refractivity contribution in [2.45, 2.75) is 6.42 Å². The van der Waals surface area contributed by atoms with E-state index >= 15 is 0 Å². The van der Waals surface area contributed by atoms with E-state index in [0.717, 1.165) is 11.6 Å². The van der Waals surface area contributed by atoms with Gasteiger partial charge in [0.05, 0.1) is 10.6 Å². The molecule has 116 valence electrons. The summed E-state index contributed by atoms with van der Waals surface area (Å²) in [6.07, 6.45) is 7.26. The Morgan fingerprint density at radius 1 is 1.39 bits per heavy atom. The molecular formula is C15H11ClN4O3. The van der Waals surface area contributed by atoms with Crippen LogP contribution < -0.4 is 0 Å². The van der Waals surface area contributed by atoms with Crippen molar-refractivity contribution >= 4 is 23.1 Å². The summed E-state index contributed by atoms with van der Waals surface area (Å²) in [6.45, 7) is 0. The molecule has 3 aromatic rings. The third-order valence-corrected chi connectivity index (χ3v) is 3.39. The van der Waals surface area contributed by atoms with Gasteiger partial charge in [-0.25, -0.2) is 4.98 Å². The maximum absolute atomic E-state index is 11.9. The van der Waals surface area contributed by atoms with E-state index in [9.17, 15) is 9.90 Å². The lowest BCUT2D eigenvalue weighted by molar-refractivity contribution is 0.103. The number of carbonyl (C=O) groups is 1. The summed E-state index contributed by atoms with van der Waals surface area (Å²) in [5.41, 5.74) is 1.21. The van der Waals surface area contributed by atoms with Gasteiger partial charge in [0.1, 0.15) is 24.1 Å². The SMILES string of the molecule is O=C(C=C(O)c1c(Cl)coc1Cc1ccncc1)c1ncn[nH]1. The van der Waals surface area contributed by atoms with Crippen LogP contribution in [-0.4, -0.2) is 31.1 Å². The molecule has 0 unspecified atom stereocenters. The summed E-state index contributed by atoms with van der Waals surface area (Å²) in [6, 6.07) is 3.64. The molecule has 23 heavy (non-hydrogen) atoms. The number of rotatable bonds is 5. The van der Waals surface area contributed by atoms with Crippen molar-refractivity contribution in [2.75, 3.05) is 0 Å². The van der Waals surface area contributed by atoms with E-state index in [1.165, 1.54) is 12.6 Å². The second-order valence-corrected chi connectivity index (χ2v) is 5.05. The van der Waals surface area contributed by atoms with Crippen molar-refractivity contribution in [1.82, 2.24) is 20.2 Å². The van der Waals surface area contributed by atoms with Gasteiger partial charge in [0.2, 0.25) is 5.78 Å². The van der Waals surface area contributed by atoms with Gasteiger partial charge in [-0.15, -0.1) is 0 Å². The fraction of sp³-hybridized carbons (Fsp3) is 0.0667. The van der Waals surface area contributed by atoms with Crippen LogP contribution >= 0.6 is 11.6 Å². The van der Waals surface area contributed by atoms with Crippen LogP contribution in [0.4, 0.5) is 0 Å². The molecular weight excluding hydrogens is 320 g/mol. The smallest absolute Gasteiger partial charge is 0.226 e. The highest BCUT2D eigenvalue weighted by Gasteiger charge is 2.18. The van der Waals surface area contributed by atoms with Crippen LogP contribution in [0.25, 0.3) is 5.76 Å². The van der Waals surface area contributed by atoms with E-state index in [2.05, 4.69) is 20.2 Å². The van der Waals surface area contributed by atoms with Gasteiger partial charge in [0.15, 0.2) is 5.82 Å². The first-order valence-electron chi connectivity index (χ1n) is 6.60. The second-order valence-electron chi connectivity index (χ2n) is 4.64. The number of nitrogens with zero attached hydrogens (tertiary/aromatic N) is 3. The fourth-order valence-corrected chi connectivity index (χ4v) is 2.29. The first kappa shape index (κ1) is 15.0. The Balaban J connectivity index is 1.90. The molecule has 2 N–H and O–H groups in total. The maximum Gasteiger partial charge on any atom is 0.226 e. The minimum Gasteiger partial charge on any atom is -0.507 e. The molecule has 0 atom stereocenters. The van der Waals surface area contributed by atoms with Crippen molar-refractivity contribution in [3.8, 4) is 0 Å². The van der Waals surface area contributed by atoms with Crippen molar-refractivity contribution in [2.24, 2.45) is 0 Å². The van der Waals surface area contributed by atoms with E-state index < -0.39 is 5.78 Å². The molecule has 3 aromatic heterocycles. The van der Waals surface area contributed by atoms with Gasteiger partial charge in [0, 0.05) is 24.9 Å². The van der Waals surface area contributed by atoms with Gasteiger partial charge < -0.3 is 9.52 Å². The van der Waals surface area contributed by atoms with Gasteiger partial charge >= 0.3 is 0 Å². The lowest BCUT2D eigenvalue weighted by Crippen LogP contribution is -2.00. The average Bonchev–Trinajstić information content (AvgIpc) is 3.18. The molecule has 0 bridgehead atoms. The number of aliphatic hydroxyl groups is 1. The predicted octanol–water partition coefficient (Wildman–Crippen LogP) is 2.82. The fourth-order valence-electron chi connectivity index (χ4n) is 2.04. The van der Waals surface area contributed by atoms with Crippen molar-refractivity contribution in [3.63, 3.8) is 0 Å². The molecule has 0 aliphatic heterocycles. The Kier molecular flexibility index (Phi) is 4.20. The number of nitrogens with one attached hydrogen (secondary N) is 1. The molecule has 0 saturated heterocycles. The molecule has 8 heteroatoms. The maximum atomic E-state index is 11.9. The Bertz CT molecular complexity index is 841. The Labute approximate surface area is 135 Å². The number of aliphatic hydroxyl groups excluding tert-OH is 1. The number of hydrogen-bond donors (Lipinski definition) is 2. The Morgan fingerprint density at radius 3 is 2.87 bits per heavy atom. The summed E-state index contributed by atoms with van der Waals surface area (Å²) >= 11 is 6.06. The van der Waals surface area contributed by atoms with Crippen molar-refractivity contribution in [3.05, 3.63) is 70.9 Å². The normalized spacial score (nSPS) is 11.6. The van der Waals surface area contributed by atoms with E-state index in [-0.39, 0.29) is 22.2 Å². The number of furan rings is 1. The van der Waals surface area contributed by atoms with Gasteiger partial charge in [-0.05, 0) is 17.7 Å². The molecule has 0 aromatic carbocycles. The molecule has 3 heterocycles. The summed E-state index contributed by atoms with van der Waals surface area (Å²) in [5, 5.41) is 16.5. The number of halogens is 1. The molecule has 3 rings (SSSR count). The van der Waals surface area contributed by atoms with E-state index in [1.54, 1.807) is 12.4 Å². The van der Waals surface area contributed by atoms with Crippen LogP contribution in [-0.2, 0) is 6.42 Å². The lowest BCUT2D eigenvalue weighted by Gasteiger charge is -2.03. The van der Waals surface area contributed by atoms with Gasteiger partial charge in [-0.2, -0.15) is 5.10 Å². The quantitative estimate of drug-likeness (QED) is 0.423. The predicted molar refractivity (Wildman–Crippen MR) is 82.1 cm³/mol. The lowest BCUT2D eigenvalue weighted by atomic mass is 10.1. The van der Waals surface area contributed by atoms with Crippen LogP contribution in [0, 0.1) is 0 Å². The Morgan fingerprint density at radius 2 is 2.17 bits per heavy atom. The van der Waals surface area contributed by atoms with Crippen LogP contribution in [0.5, 0.6) is 0 Å². The molecule has 7 nitrogen and oxygen atoms in total. The van der Waals surface area contributed by atoms with Crippen molar-refractivity contribution in [1.29, 1.82) is 0 Å². The number of H-pyrrole nitrogens is 1. The topological polar surface area (TPSA) is 105 Å². The second kappa shape index (κ2) is 6.45. The molecule has 0 spiro atoms. The molecule has 0 radical (unpaired) electrons. The number of hydrogen-bond acceptors (Lipinski definition) is 6. The zero-order valence-electron chi connectivity index (χ0n) is 11.7. The largest absolute Gasteiger partial charge is 0.507 e. The van der Waals surface area contributed by atoms with E-state index in [4.69, 9.17) is 16.0 Å². The molecule has 0 aliphatic carbocycles. The first-order valence-corrected chi connectivity index (χ1v) is 6.98. The van der Waals surface area contributed by atoms with Crippen LogP contribution in [0.3, 0.4) is 0 Å². The number of aromatic nitrogens is 4. The van der Waals surface area contributed by atoms with Crippen LogP contribution in [0.15, 0.2) is 47.6 Å². The number of aromatic amines is 1. The monoisotopic (exact) mass is 330 g/mol. The molecule has 0 saturated carbocycles. The highest BCUT2D eigenvalue weighted by atomic mass is 35.5. The van der Waals surface area contributed by atoms with Gasteiger partial charge in [-0.1, -0.05) is 11.6 Å². The number of carbonyl (C=O) groups excluding carboxylic acids is 1. The Hall–Kier alpha value is -2.93. The number of ketones is 1. The van der Waals surface area contributed by atoms with Crippen LogP contribution in [0.2, 0.25) is 5.02 Å². The number of allylic oxidation sites excluding steroid dienone is 1. The van der Waals surface area contributed by atoms with Gasteiger partial charge in [-0.3, -0.25) is 14.9 Å². The van der Waals surface area contributed by atoms with Crippen molar-refractivity contribution < 1.29 is 14.3 Å². The zero-order chi connectivity index (χ0) is 16.2. The standard InChI is InChI=1S/C15H11ClN4O3/c16-10-7-23-13(5-9-1-3-17-4-2-9)14(10)11(21)6-12(22)15-18-8-19-20-15/h1-4,6-8,21H,5H2,(H,18,19,20). The first-order chi connectivity index (χ1) is 11.1. The highest BCUT2D eigenvalue weighted by molar-refractivity contribution is 6.32. The van der Waals surface area contributed by atoms with E-state index in [1.807, 2.05) is 12.1 Å². The third-order valence-electron chi connectivity index (χ3n) is 3.11. The molecule has 0 amide bonds. The van der Waals surface area contributed by atoms with Gasteiger partial charge in [0.25, 0.3) is 0 Å². The zero-order valence-corrected chi connectivity index (χ0v) is 12.5. The minimum absolute atomic E-state index is 0.0202. The minimum atomic E-state index is -0.521. The van der Waals surface area contributed by atoms with Crippen LogP contribution in [0.1, 0.15) is 27.5 Å². The number of pyridine rings is 1. The summed E-state index contributed by atoms with van der Waals surface area (Å²) in [7, 11) is 0. The van der Waals surface area contributed by atoms with E-state index in [0.29, 0.717) is 12.2 Å². The third kappa shape index (κ3) is 3.29. The average molecular weight is 331 g/mol. The summed E-state index contributed by atoms with van der Waals surface area (Å²) in [5.74, 6) is -0.353. The molecule has 0 fully saturated rings.